The molecule has 5 aromatic rings. The average Bonchev–Trinajstić information content (AvgIpc) is 3.94. The number of aromatic amines is 1. The lowest BCUT2D eigenvalue weighted by molar-refractivity contribution is -0.138. The number of rotatable bonds is 9. The van der Waals surface area contributed by atoms with Crippen LogP contribution in [0.4, 0.5) is 20.6 Å². The smallest absolute Gasteiger partial charge is 0.414 e. The number of carbonyl (C=O) groups is 3. The van der Waals surface area contributed by atoms with Crippen molar-refractivity contribution in [1.29, 1.82) is 0 Å². The van der Waals surface area contributed by atoms with E-state index in [9.17, 15) is 18.8 Å². The molecule has 2 aromatic heterocycles. The zero-order chi connectivity index (χ0) is 36.5. The van der Waals surface area contributed by atoms with Crippen molar-refractivity contribution in [1.82, 2.24) is 30.0 Å². The van der Waals surface area contributed by atoms with Crippen LogP contribution in [0.2, 0.25) is 0 Å². The van der Waals surface area contributed by atoms with Crippen LogP contribution in [0.3, 0.4) is 0 Å². The summed E-state index contributed by atoms with van der Waals surface area (Å²) in [6, 6.07) is 19.8. The van der Waals surface area contributed by atoms with Crippen molar-refractivity contribution >= 4 is 45.8 Å². The lowest BCUT2D eigenvalue weighted by Gasteiger charge is -2.30. The normalized spacial score (nSPS) is 19.1. The number of likely N-dealkylation sites (tertiary alicyclic amines) is 1. The molecule has 3 aromatic carbocycles. The Bertz CT molecular complexity index is 2230. The van der Waals surface area contributed by atoms with Crippen LogP contribution >= 0.6 is 0 Å². The van der Waals surface area contributed by atoms with Gasteiger partial charge in [-0.2, -0.15) is 5.10 Å². The highest BCUT2D eigenvalue weighted by molar-refractivity contribution is 6.02. The van der Waals surface area contributed by atoms with Gasteiger partial charge in [-0.15, -0.1) is 0 Å². The second-order valence-corrected chi connectivity index (χ2v) is 13.3. The number of aromatic nitrogens is 4. The van der Waals surface area contributed by atoms with Crippen molar-refractivity contribution in [3.63, 3.8) is 0 Å². The molecule has 1 atom stereocenters. The van der Waals surface area contributed by atoms with Gasteiger partial charge in [0.25, 0.3) is 5.91 Å². The fourth-order valence-electron chi connectivity index (χ4n) is 7.20. The Morgan fingerprint density at radius 2 is 1.79 bits per heavy atom. The third kappa shape index (κ3) is 6.74. The van der Waals surface area contributed by atoms with Crippen LogP contribution in [-0.4, -0.2) is 106 Å². The van der Waals surface area contributed by atoms with Crippen LogP contribution in [0.15, 0.2) is 85.2 Å². The number of amides is 3. The molecule has 0 radical (unpaired) electrons. The molecule has 13 nitrogen and oxygen atoms in total. The third-order valence-electron chi connectivity index (χ3n) is 10.2. The first-order valence-corrected chi connectivity index (χ1v) is 17.5. The lowest BCUT2D eigenvalue weighted by Crippen LogP contribution is -2.48. The molecule has 0 aliphatic carbocycles. The van der Waals surface area contributed by atoms with Crippen LogP contribution in [0.1, 0.15) is 18.4 Å². The molecule has 0 unspecified atom stereocenters. The molecule has 270 valence electrons. The number of cyclic esters (lactones) is 1. The first-order chi connectivity index (χ1) is 25.8. The fraction of sp³-hybridized carbons (Fsp3) is 0.282. The van der Waals surface area contributed by atoms with Crippen LogP contribution in [0, 0.1) is 5.82 Å². The van der Waals surface area contributed by atoms with E-state index in [0.717, 1.165) is 17.5 Å². The number of fused-ring (bicyclic) bond motifs is 1. The zero-order valence-electron chi connectivity index (χ0n) is 29.0. The summed E-state index contributed by atoms with van der Waals surface area (Å²) >= 11 is 0. The molecule has 3 amide bonds. The van der Waals surface area contributed by atoms with E-state index in [4.69, 9.17) is 9.47 Å². The second kappa shape index (κ2) is 14.2. The number of halogens is 1. The fourth-order valence-corrected chi connectivity index (χ4v) is 7.20. The van der Waals surface area contributed by atoms with Crippen molar-refractivity contribution in [3.8, 4) is 22.6 Å². The Morgan fingerprint density at radius 1 is 1.00 bits per heavy atom. The summed E-state index contributed by atoms with van der Waals surface area (Å²) in [5.74, 6) is -0.168. The van der Waals surface area contributed by atoms with Gasteiger partial charge in [0.1, 0.15) is 18.1 Å². The number of carbonyl (C=O) groups excluding carboxylic acids is 3. The number of hydrogen-bond acceptors (Lipinski definition) is 9. The van der Waals surface area contributed by atoms with Crippen molar-refractivity contribution in [2.24, 2.45) is 0 Å². The van der Waals surface area contributed by atoms with E-state index in [1.165, 1.54) is 23.6 Å². The Labute approximate surface area is 304 Å². The number of ether oxygens (including phenoxy) is 2. The van der Waals surface area contributed by atoms with E-state index in [1.807, 2.05) is 21.9 Å². The van der Waals surface area contributed by atoms with Gasteiger partial charge >= 0.3 is 6.09 Å². The minimum atomic E-state index is -1.14. The van der Waals surface area contributed by atoms with Crippen molar-refractivity contribution in [2.75, 3.05) is 63.2 Å². The molecule has 8 rings (SSSR count). The first kappa shape index (κ1) is 34.1. The van der Waals surface area contributed by atoms with Gasteiger partial charge in [0, 0.05) is 67.9 Å². The molecule has 2 fully saturated rings. The summed E-state index contributed by atoms with van der Waals surface area (Å²) in [6.45, 7) is 2.55. The minimum absolute atomic E-state index is 0.00713. The van der Waals surface area contributed by atoms with Gasteiger partial charge in [-0.3, -0.25) is 24.5 Å². The van der Waals surface area contributed by atoms with Crippen molar-refractivity contribution < 1.29 is 28.2 Å². The van der Waals surface area contributed by atoms with E-state index in [2.05, 4.69) is 43.7 Å². The standard InChI is InChI=1S/C39H37FN8O5/c1-52-39(13-18-46(24-39)23-34(49)47-16-11-26(12-17-47)25-3-5-27(6-4-25)36-41-14-2-15-42-36)37(50)43-29-8-10-32-30(22-29)35(45-44-32)28-7-9-31(40)33(21-28)48-19-20-53-38(48)51/h2-11,14-15,21-22H,12-13,16-20,23-24H2,1H3,(H,43,50)(H,44,45)/t39-/m0/s1. The summed E-state index contributed by atoms with van der Waals surface area (Å²) in [5, 5.41) is 11.1. The van der Waals surface area contributed by atoms with Gasteiger partial charge < -0.3 is 19.7 Å². The van der Waals surface area contributed by atoms with Gasteiger partial charge in [0.15, 0.2) is 11.4 Å². The molecule has 3 aliphatic rings. The minimum Gasteiger partial charge on any atom is -0.447 e. The number of H-pyrrole nitrogens is 1. The molecule has 0 bridgehead atoms. The summed E-state index contributed by atoms with van der Waals surface area (Å²) < 4.78 is 25.6. The van der Waals surface area contributed by atoms with Crippen LogP contribution in [-0.2, 0) is 19.1 Å². The first-order valence-electron chi connectivity index (χ1n) is 17.5. The predicted octanol–water partition coefficient (Wildman–Crippen LogP) is 5.13. The number of benzene rings is 3. The van der Waals surface area contributed by atoms with E-state index >= 15 is 0 Å². The summed E-state index contributed by atoms with van der Waals surface area (Å²) in [6.07, 6.45) is 6.12. The third-order valence-corrected chi connectivity index (χ3v) is 10.2. The van der Waals surface area contributed by atoms with Gasteiger partial charge in [-0.1, -0.05) is 30.3 Å². The van der Waals surface area contributed by atoms with E-state index in [1.54, 1.807) is 48.8 Å². The lowest BCUT2D eigenvalue weighted by atomic mass is 9.98. The Kier molecular flexibility index (Phi) is 9.14. The maximum absolute atomic E-state index is 14.7. The predicted molar refractivity (Wildman–Crippen MR) is 196 cm³/mol. The molecule has 2 N–H and O–H groups in total. The molecule has 53 heavy (non-hydrogen) atoms. The summed E-state index contributed by atoms with van der Waals surface area (Å²) in [4.78, 5) is 53.0. The highest BCUT2D eigenvalue weighted by Crippen LogP contribution is 2.34. The maximum Gasteiger partial charge on any atom is 0.414 e. The molecular weight excluding hydrogens is 679 g/mol. The van der Waals surface area contributed by atoms with Gasteiger partial charge in [0.2, 0.25) is 5.91 Å². The van der Waals surface area contributed by atoms with Gasteiger partial charge in [-0.05, 0) is 66.4 Å². The number of nitrogens with one attached hydrogen (secondary N) is 2. The highest BCUT2D eigenvalue weighted by atomic mass is 19.1. The van der Waals surface area contributed by atoms with E-state index < -0.39 is 17.5 Å². The van der Waals surface area contributed by atoms with Gasteiger partial charge in [-0.25, -0.2) is 19.2 Å². The Balaban J connectivity index is 0.899. The molecule has 3 aliphatic heterocycles. The average molecular weight is 717 g/mol. The highest BCUT2D eigenvalue weighted by Gasteiger charge is 2.45. The zero-order valence-corrected chi connectivity index (χ0v) is 29.0. The van der Waals surface area contributed by atoms with E-state index in [-0.39, 0.29) is 43.7 Å². The number of nitrogens with zero attached hydrogens (tertiary/aromatic N) is 6. The SMILES string of the molecule is CO[C@@]1(C(=O)Nc2ccc3[nH]nc(-c4ccc(F)c(N5CCOC5=O)c4)c3c2)CCN(CC(=O)N2CC=C(c3ccc(-c4ncccn4)cc3)CC2)C1. The molecule has 0 saturated carbocycles. The van der Waals surface area contributed by atoms with Gasteiger partial charge in [0.05, 0.1) is 24.3 Å². The number of hydrogen-bond donors (Lipinski definition) is 2. The van der Waals surface area contributed by atoms with Crippen molar-refractivity contribution in [2.45, 2.75) is 18.4 Å². The Morgan fingerprint density at radius 3 is 2.53 bits per heavy atom. The van der Waals surface area contributed by atoms with E-state index in [0.29, 0.717) is 59.7 Å². The molecular formula is C39H37FN8O5. The quantitative estimate of drug-likeness (QED) is 0.212. The molecule has 2 saturated heterocycles. The van der Waals surface area contributed by atoms with Crippen LogP contribution in [0.5, 0.6) is 0 Å². The van der Waals surface area contributed by atoms with Crippen LogP contribution in [0.25, 0.3) is 39.1 Å². The van der Waals surface area contributed by atoms with Crippen LogP contribution < -0.4 is 10.2 Å². The largest absolute Gasteiger partial charge is 0.447 e. The summed E-state index contributed by atoms with van der Waals surface area (Å²) in [7, 11) is 1.51. The Hall–Kier alpha value is -5.99. The topological polar surface area (TPSA) is 146 Å². The number of methoxy groups -OCH3 is 1. The summed E-state index contributed by atoms with van der Waals surface area (Å²) in [5.41, 5.74) is 4.60. The van der Waals surface area contributed by atoms with Crippen molar-refractivity contribution in [3.05, 3.63) is 96.6 Å². The molecule has 14 heteroatoms. The molecule has 0 spiro atoms. The second-order valence-electron chi connectivity index (χ2n) is 13.3. The monoisotopic (exact) mass is 716 g/mol. The molecule has 5 heterocycles. The number of anilines is 2. The maximum atomic E-state index is 14.7.